The van der Waals surface area contributed by atoms with E-state index in [9.17, 15) is 4.79 Å². The van der Waals surface area contributed by atoms with Crippen molar-refractivity contribution in [1.82, 2.24) is 5.32 Å². The highest BCUT2D eigenvalue weighted by Crippen LogP contribution is 2.22. The lowest BCUT2D eigenvalue weighted by Gasteiger charge is -2.38. The Morgan fingerprint density at radius 2 is 1.84 bits per heavy atom. The molecule has 1 aliphatic heterocycles. The van der Waals surface area contributed by atoms with Gasteiger partial charge in [0.2, 0.25) is 5.91 Å². The minimum Gasteiger partial charge on any atom is -0.310 e. The number of carbonyl (C=O) groups excluding carboxylic acids is 1. The minimum atomic E-state index is -0.165. The lowest BCUT2D eigenvalue weighted by molar-refractivity contribution is -0.122. The fourth-order valence-corrected chi connectivity index (χ4v) is 3.91. The van der Waals surface area contributed by atoms with Crippen molar-refractivity contribution in [2.45, 2.75) is 31.8 Å². The van der Waals surface area contributed by atoms with Gasteiger partial charge in [-0.15, -0.1) is 0 Å². The van der Waals surface area contributed by atoms with Crippen molar-refractivity contribution in [3.63, 3.8) is 0 Å². The Labute approximate surface area is 154 Å². The summed E-state index contributed by atoms with van der Waals surface area (Å²) < 4.78 is 0. The van der Waals surface area contributed by atoms with Crippen molar-refractivity contribution < 1.29 is 4.79 Å². The molecule has 0 radical (unpaired) electrons. The van der Waals surface area contributed by atoms with Crippen LogP contribution in [-0.2, 0) is 11.2 Å². The summed E-state index contributed by atoms with van der Waals surface area (Å²) in [6, 6.07) is 18.6. The maximum Gasteiger partial charge on any atom is 0.244 e. The number of benzene rings is 2. The Hall–Kier alpha value is -1.78. The Morgan fingerprint density at radius 1 is 1.12 bits per heavy atom. The van der Waals surface area contributed by atoms with E-state index in [1.165, 1.54) is 11.1 Å². The summed E-state index contributed by atoms with van der Waals surface area (Å²) in [7, 11) is 0. The standard InChI is InChI=1S/C21H26N2OS/c1-16-8-6-7-9-17(16)14-20-21(24)23(19-10-4-3-5-11-19)15-18(22-20)12-13-25-2/h3-11,18,20,22H,12-15H2,1-2H3. The first-order valence-corrected chi connectivity index (χ1v) is 10.2. The number of nitrogens with one attached hydrogen (secondary N) is 1. The quantitative estimate of drug-likeness (QED) is 0.859. The first-order valence-electron chi connectivity index (χ1n) is 8.85. The van der Waals surface area contributed by atoms with Crippen LogP contribution >= 0.6 is 11.8 Å². The number of hydrogen-bond acceptors (Lipinski definition) is 3. The summed E-state index contributed by atoms with van der Waals surface area (Å²) in [4.78, 5) is 15.1. The van der Waals surface area contributed by atoms with E-state index in [2.05, 4.69) is 36.7 Å². The van der Waals surface area contributed by atoms with Crippen LogP contribution in [0.2, 0.25) is 0 Å². The van der Waals surface area contributed by atoms with Crippen LogP contribution in [0.5, 0.6) is 0 Å². The average Bonchev–Trinajstić information content (AvgIpc) is 2.64. The summed E-state index contributed by atoms with van der Waals surface area (Å²) in [5.74, 6) is 1.28. The zero-order valence-electron chi connectivity index (χ0n) is 14.9. The first kappa shape index (κ1) is 18.0. The highest BCUT2D eigenvalue weighted by molar-refractivity contribution is 7.98. The van der Waals surface area contributed by atoms with Crippen LogP contribution in [0.1, 0.15) is 17.5 Å². The number of anilines is 1. The maximum absolute atomic E-state index is 13.1. The molecule has 3 nitrogen and oxygen atoms in total. The molecule has 1 amide bonds. The number of piperazine rings is 1. The van der Waals surface area contributed by atoms with Gasteiger partial charge in [0.1, 0.15) is 0 Å². The molecule has 2 atom stereocenters. The molecule has 1 heterocycles. The molecular formula is C21H26N2OS. The van der Waals surface area contributed by atoms with Gasteiger partial charge in [-0.05, 0) is 55.0 Å². The summed E-state index contributed by atoms with van der Waals surface area (Å²) in [6.07, 6.45) is 3.94. The van der Waals surface area contributed by atoms with Crippen LogP contribution in [0, 0.1) is 6.92 Å². The maximum atomic E-state index is 13.1. The molecule has 25 heavy (non-hydrogen) atoms. The minimum absolute atomic E-state index is 0.165. The zero-order chi connectivity index (χ0) is 17.6. The molecule has 1 saturated heterocycles. The van der Waals surface area contributed by atoms with E-state index in [4.69, 9.17) is 0 Å². The van der Waals surface area contributed by atoms with Gasteiger partial charge in [0.25, 0.3) is 0 Å². The van der Waals surface area contributed by atoms with Crippen molar-refractivity contribution in [3.05, 3.63) is 65.7 Å². The molecule has 1 fully saturated rings. The van der Waals surface area contributed by atoms with Crippen molar-refractivity contribution in [2.24, 2.45) is 0 Å². The van der Waals surface area contributed by atoms with E-state index in [1.807, 2.05) is 53.1 Å². The highest BCUT2D eigenvalue weighted by atomic mass is 32.2. The van der Waals surface area contributed by atoms with Crippen molar-refractivity contribution in [1.29, 1.82) is 0 Å². The van der Waals surface area contributed by atoms with Crippen LogP contribution < -0.4 is 10.2 Å². The molecular weight excluding hydrogens is 328 g/mol. The van der Waals surface area contributed by atoms with Crippen LogP contribution in [-0.4, -0.2) is 36.5 Å². The third-order valence-electron chi connectivity index (χ3n) is 4.83. The Balaban J connectivity index is 1.82. The van der Waals surface area contributed by atoms with Gasteiger partial charge in [-0.2, -0.15) is 11.8 Å². The zero-order valence-corrected chi connectivity index (χ0v) is 15.8. The van der Waals surface area contributed by atoms with Gasteiger partial charge < -0.3 is 10.2 Å². The SMILES string of the molecule is CSCCC1CN(c2ccccc2)C(=O)C(Cc2ccccc2C)N1. The van der Waals surface area contributed by atoms with Crippen molar-refractivity contribution in [3.8, 4) is 0 Å². The normalized spacial score (nSPS) is 20.7. The molecule has 2 unspecified atom stereocenters. The van der Waals surface area contributed by atoms with Gasteiger partial charge in [0, 0.05) is 18.3 Å². The van der Waals surface area contributed by atoms with Crippen molar-refractivity contribution in [2.75, 3.05) is 23.5 Å². The molecule has 1 N–H and O–H groups in total. The number of aryl methyl sites for hydroxylation is 1. The number of amides is 1. The van der Waals surface area contributed by atoms with E-state index < -0.39 is 0 Å². The van der Waals surface area contributed by atoms with Crippen LogP contribution in [0.3, 0.4) is 0 Å². The average molecular weight is 355 g/mol. The van der Waals surface area contributed by atoms with Crippen LogP contribution in [0.25, 0.3) is 0 Å². The largest absolute Gasteiger partial charge is 0.310 e. The summed E-state index contributed by atoms with van der Waals surface area (Å²) >= 11 is 1.86. The molecule has 0 spiro atoms. The van der Waals surface area contributed by atoms with E-state index >= 15 is 0 Å². The third kappa shape index (κ3) is 4.44. The number of nitrogens with zero attached hydrogens (tertiary/aromatic N) is 1. The smallest absolute Gasteiger partial charge is 0.244 e. The molecule has 2 aromatic rings. The first-order chi connectivity index (χ1) is 12.2. The second-order valence-electron chi connectivity index (χ2n) is 6.61. The van der Waals surface area contributed by atoms with E-state index in [1.54, 1.807) is 0 Å². The lowest BCUT2D eigenvalue weighted by Crippen LogP contribution is -2.61. The monoisotopic (exact) mass is 354 g/mol. The Kier molecular flexibility index (Phi) is 6.16. The van der Waals surface area contributed by atoms with Gasteiger partial charge in [0.15, 0.2) is 0 Å². The van der Waals surface area contributed by atoms with Gasteiger partial charge in [0.05, 0.1) is 6.04 Å². The molecule has 0 bridgehead atoms. The second kappa shape index (κ2) is 8.54. The molecule has 0 saturated carbocycles. The van der Waals surface area contributed by atoms with Crippen molar-refractivity contribution >= 4 is 23.4 Å². The second-order valence-corrected chi connectivity index (χ2v) is 7.60. The summed E-state index contributed by atoms with van der Waals surface area (Å²) in [5.41, 5.74) is 3.49. The molecule has 0 aromatic heterocycles. The number of carbonyl (C=O) groups is 1. The van der Waals surface area contributed by atoms with E-state index in [0.717, 1.165) is 30.8 Å². The fourth-order valence-electron chi connectivity index (χ4n) is 3.39. The van der Waals surface area contributed by atoms with E-state index in [0.29, 0.717) is 6.04 Å². The van der Waals surface area contributed by atoms with Gasteiger partial charge in [-0.25, -0.2) is 0 Å². The molecule has 2 aromatic carbocycles. The molecule has 0 aliphatic carbocycles. The van der Waals surface area contributed by atoms with Gasteiger partial charge in [-0.1, -0.05) is 42.5 Å². The third-order valence-corrected chi connectivity index (χ3v) is 5.47. The Morgan fingerprint density at radius 3 is 2.56 bits per heavy atom. The van der Waals surface area contributed by atoms with Crippen LogP contribution in [0.15, 0.2) is 54.6 Å². The topological polar surface area (TPSA) is 32.3 Å². The number of thioether (sulfide) groups is 1. The highest BCUT2D eigenvalue weighted by Gasteiger charge is 2.34. The predicted octanol–water partition coefficient (Wildman–Crippen LogP) is 3.66. The number of rotatable bonds is 6. The fraction of sp³-hybridized carbons (Fsp3) is 0.381. The molecule has 3 rings (SSSR count). The van der Waals surface area contributed by atoms with Gasteiger partial charge in [-0.3, -0.25) is 4.79 Å². The summed E-state index contributed by atoms with van der Waals surface area (Å²) in [6.45, 7) is 2.86. The summed E-state index contributed by atoms with van der Waals surface area (Å²) in [5, 5.41) is 3.61. The van der Waals surface area contributed by atoms with Gasteiger partial charge >= 0.3 is 0 Å². The molecule has 4 heteroatoms. The van der Waals surface area contributed by atoms with E-state index in [-0.39, 0.29) is 11.9 Å². The molecule has 1 aliphatic rings. The Bertz CT molecular complexity index is 704. The van der Waals surface area contributed by atoms with Crippen LogP contribution in [0.4, 0.5) is 5.69 Å². The molecule has 132 valence electrons. The lowest BCUT2D eigenvalue weighted by atomic mass is 9.96. The number of para-hydroxylation sites is 1. The number of hydrogen-bond donors (Lipinski definition) is 1. The predicted molar refractivity (Wildman–Crippen MR) is 107 cm³/mol.